The first-order chi connectivity index (χ1) is 8.74. The predicted molar refractivity (Wildman–Crippen MR) is 75.6 cm³/mol. The zero-order valence-corrected chi connectivity index (χ0v) is 11.2. The van der Waals surface area contributed by atoms with Crippen molar-refractivity contribution in [3.05, 3.63) is 29.8 Å². The molecule has 3 rings (SSSR count). The first kappa shape index (κ1) is 11.7. The molecule has 0 saturated carbocycles. The second-order valence-corrected chi connectivity index (χ2v) is 5.16. The Bertz CT molecular complexity index is 492. The van der Waals surface area contributed by atoms with E-state index in [1.807, 2.05) is 18.2 Å². The highest BCUT2D eigenvalue weighted by atomic mass is 32.1. The fourth-order valence-corrected chi connectivity index (χ4v) is 3.28. The molecule has 1 atom stereocenters. The molecule has 18 heavy (non-hydrogen) atoms. The minimum Gasteiger partial charge on any atom is -0.336 e. The van der Waals surface area contributed by atoms with Crippen LogP contribution in [0.2, 0.25) is 0 Å². The molecule has 1 aromatic rings. The molecule has 1 aromatic carbocycles. The van der Waals surface area contributed by atoms with Crippen LogP contribution in [0.3, 0.4) is 0 Å². The quantitative estimate of drug-likeness (QED) is 0.763. The van der Waals surface area contributed by atoms with Gasteiger partial charge < -0.3 is 4.90 Å². The van der Waals surface area contributed by atoms with Crippen molar-refractivity contribution < 1.29 is 4.79 Å². The van der Waals surface area contributed by atoms with E-state index in [0.29, 0.717) is 5.11 Å². The normalized spacial score (nSPS) is 22.8. The first-order valence-electron chi connectivity index (χ1n) is 6.46. The van der Waals surface area contributed by atoms with Gasteiger partial charge in [0.15, 0.2) is 5.11 Å². The summed E-state index contributed by atoms with van der Waals surface area (Å²) < 4.78 is 0. The van der Waals surface area contributed by atoms with Gasteiger partial charge in [0.1, 0.15) is 6.04 Å². The molecule has 0 aromatic heterocycles. The number of carbonyl (C=O) groups is 1. The largest absolute Gasteiger partial charge is 0.336 e. The van der Waals surface area contributed by atoms with Gasteiger partial charge in [0.25, 0.3) is 5.91 Å². The molecule has 0 unspecified atom stereocenters. The summed E-state index contributed by atoms with van der Waals surface area (Å²) in [7, 11) is 0. The second-order valence-electron chi connectivity index (χ2n) is 4.79. The van der Waals surface area contributed by atoms with Crippen LogP contribution in [0, 0.1) is 0 Å². The van der Waals surface area contributed by atoms with E-state index < -0.39 is 0 Å². The van der Waals surface area contributed by atoms with Crippen molar-refractivity contribution in [1.82, 2.24) is 4.90 Å². The highest BCUT2D eigenvalue weighted by Gasteiger charge is 2.45. The fraction of sp³-hybridized carbons (Fsp3) is 0.429. The van der Waals surface area contributed by atoms with E-state index in [9.17, 15) is 4.79 Å². The Morgan fingerprint density at radius 2 is 2.17 bits per heavy atom. The third-order valence-corrected chi connectivity index (χ3v) is 4.23. The molecule has 3 nitrogen and oxygen atoms in total. The number of fused-ring (bicyclic) bond motifs is 1. The van der Waals surface area contributed by atoms with Crippen molar-refractivity contribution in [2.45, 2.75) is 32.2 Å². The minimum atomic E-state index is -0.0117. The number of hydrogen-bond acceptors (Lipinski definition) is 2. The lowest BCUT2D eigenvalue weighted by molar-refractivity contribution is -0.119. The van der Waals surface area contributed by atoms with Gasteiger partial charge >= 0.3 is 0 Å². The van der Waals surface area contributed by atoms with E-state index in [2.05, 4.69) is 17.9 Å². The lowest BCUT2D eigenvalue weighted by Crippen LogP contribution is -2.33. The standard InChI is InChI=1S/C14H16N2OS/c1-2-10-6-3-4-7-11(10)16-13(17)12-8-5-9-15(12)14(16)18/h3-4,6-7,12H,2,5,8-9H2,1H3/t12-/m0/s1. The van der Waals surface area contributed by atoms with Crippen LogP contribution in [0.4, 0.5) is 5.69 Å². The molecule has 0 bridgehead atoms. The van der Waals surface area contributed by atoms with Crippen molar-refractivity contribution in [1.29, 1.82) is 0 Å². The predicted octanol–water partition coefficient (Wildman–Crippen LogP) is 2.34. The molecule has 2 aliphatic heterocycles. The number of carbonyl (C=O) groups excluding carboxylic acids is 1. The topological polar surface area (TPSA) is 23.6 Å². The number of amides is 1. The Kier molecular flexibility index (Phi) is 2.82. The number of hydrogen-bond donors (Lipinski definition) is 0. The summed E-state index contributed by atoms with van der Waals surface area (Å²) >= 11 is 5.48. The Labute approximate surface area is 112 Å². The van der Waals surface area contributed by atoms with Crippen LogP contribution in [-0.2, 0) is 11.2 Å². The van der Waals surface area contributed by atoms with E-state index in [4.69, 9.17) is 12.2 Å². The fourth-order valence-electron chi connectivity index (χ4n) is 2.87. The summed E-state index contributed by atoms with van der Waals surface area (Å²) in [6.07, 6.45) is 2.91. The molecular weight excluding hydrogens is 244 g/mol. The van der Waals surface area contributed by atoms with Gasteiger partial charge in [0, 0.05) is 6.54 Å². The van der Waals surface area contributed by atoms with E-state index in [0.717, 1.165) is 31.5 Å². The van der Waals surface area contributed by atoms with Crippen LogP contribution in [0.15, 0.2) is 24.3 Å². The van der Waals surface area contributed by atoms with Crippen LogP contribution in [0.25, 0.3) is 0 Å². The molecule has 0 aliphatic carbocycles. The van der Waals surface area contributed by atoms with Gasteiger partial charge in [-0.1, -0.05) is 25.1 Å². The van der Waals surface area contributed by atoms with Crippen molar-refractivity contribution in [2.24, 2.45) is 0 Å². The third-order valence-electron chi connectivity index (χ3n) is 3.81. The van der Waals surface area contributed by atoms with Crippen LogP contribution in [-0.4, -0.2) is 28.5 Å². The van der Waals surface area contributed by atoms with Crippen LogP contribution in [0.1, 0.15) is 25.3 Å². The van der Waals surface area contributed by atoms with Crippen LogP contribution >= 0.6 is 12.2 Å². The number of thiocarbonyl (C=S) groups is 1. The summed E-state index contributed by atoms with van der Waals surface area (Å²) in [4.78, 5) is 16.3. The maximum Gasteiger partial charge on any atom is 0.256 e. The second kappa shape index (κ2) is 4.35. The van der Waals surface area contributed by atoms with Gasteiger partial charge in [-0.05, 0) is 43.1 Å². The van der Waals surface area contributed by atoms with Gasteiger partial charge in [0.2, 0.25) is 0 Å². The molecule has 4 heteroatoms. The van der Waals surface area contributed by atoms with Gasteiger partial charge in [-0.2, -0.15) is 0 Å². The molecule has 2 fully saturated rings. The van der Waals surface area contributed by atoms with Gasteiger partial charge in [-0.3, -0.25) is 9.69 Å². The third kappa shape index (κ3) is 1.56. The van der Waals surface area contributed by atoms with Crippen LogP contribution in [0.5, 0.6) is 0 Å². The van der Waals surface area contributed by atoms with Crippen molar-refractivity contribution in [3.8, 4) is 0 Å². The van der Waals surface area contributed by atoms with Gasteiger partial charge in [-0.25, -0.2) is 0 Å². The zero-order valence-electron chi connectivity index (χ0n) is 10.4. The maximum atomic E-state index is 12.5. The molecular formula is C14H16N2OS. The smallest absolute Gasteiger partial charge is 0.256 e. The maximum absolute atomic E-state index is 12.5. The summed E-state index contributed by atoms with van der Waals surface area (Å²) in [5.41, 5.74) is 2.14. The molecule has 2 aliphatic rings. The van der Waals surface area contributed by atoms with E-state index in [-0.39, 0.29) is 11.9 Å². The Hall–Kier alpha value is -1.42. The molecule has 2 heterocycles. The number of anilines is 1. The Morgan fingerprint density at radius 3 is 2.89 bits per heavy atom. The van der Waals surface area contributed by atoms with Gasteiger partial charge in [0.05, 0.1) is 5.69 Å². The highest BCUT2D eigenvalue weighted by Crippen LogP contribution is 2.33. The number of aryl methyl sites for hydroxylation is 1. The van der Waals surface area contributed by atoms with Crippen LogP contribution < -0.4 is 4.90 Å². The highest BCUT2D eigenvalue weighted by molar-refractivity contribution is 7.80. The van der Waals surface area contributed by atoms with Crippen molar-refractivity contribution in [2.75, 3.05) is 11.4 Å². The minimum absolute atomic E-state index is 0.0117. The molecule has 94 valence electrons. The SMILES string of the molecule is CCc1ccccc1N1C(=O)[C@@H]2CCCN2C1=S. The average Bonchev–Trinajstić information content (AvgIpc) is 2.95. The lowest BCUT2D eigenvalue weighted by Gasteiger charge is -2.21. The summed E-state index contributed by atoms with van der Waals surface area (Å²) in [6, 6.07) is 8.02. The summed E-state index contributed by atoms with van der Waals surface area (Å²) in [5.74, 6) is 0.151. The van der Waals surface area contributed by atoms with Crippen molar-refractivity contribution in [3.63, 3.8) is 0 Å². The van der Waals surface area contributed by atoms with E-state index in [1.165, 1.54) is 5.56 Å². The van der Waals surface area contributed by atoms with Crippen molar-refractivity contribution >= 4 is 28.9 Å². The van der Waals surface area contributed by atoms with E-state index >= 15 is 0 Å². The summed E-state index contributed by atoms with van der Waals surface area (Å²) in [6.45, 7) is 3.02. The number of nitrogens with zero attached hydrogens (tertiary/aromatic N) is 2. The number of benzene rings is 1. The molecule has 0 radical (unpaired) electrons. The molecule has 1 amide bonds. The monoisotopic (exact) mass is 260 g/mol. The average molecular weight is 260 g/mol. The molecule has 0 spiro atoms. The zero-order chi connectivity index (χ0) is 12.7. The lowest BCUT2D eigenvalue weighted by atomic mass is 10.1. The van der Waals surface area contributed by atoms with E-state index in [1.54, 1.807) is 4.90 Å². The van der Waals surface area contributed by atoms with Gasteiger partial charge in [-0.15, -0.1) is 0 Å². The Balaban J connectivity index is 2.02. The number of para-hydroxylation sites is 1. The molecule has 2 saturated heterocycles. The number of rotatable bonds is 2. The molecule has 0 N–H and O–H groups in total. The Morgan fingerprint density at radius 1 is 1.39 bits per heavy atom. The first-order valence-corrected chi connectivity index (χ1v) is 6.87. The summed E-state index contributed by atoms with van der Waals surface area (Å²) in [5, 5.41) is 0.684.